The van der Waals surface area contributed by atoms with Gasteiger partial charge in [-0.3, -0.25) is 0 Å². The van der Waals surface area contributed by atoms with Crippen LogP contribution in [0.3, 0.4) is 0 Å². The minimum atomic E-state index is -1.91. The Hall–Kier alpha value is 0.0200. The number of hydrogen-bond acceptors (Lipinski definition) is 3. The molecule has 0 aliphatic heterocycles. The molecular formula is C16H34O3P+. The van der Waals surface area contributed by atoms with Crippen molar-refractivity contribution in [2.24, 2.45) is 11.8 Å². The van der Waals surface area contributed by atoms with Crippen LogP contribution >= 0.6 is 8.25 Å². The van der Waals surface area contributed by atoms with E-state index in [0.29, 0.717) is 13.2 Å². The van der Waals surface area contributed by atoms with Gasteiger partial charge < -0.3 is 0 Å². The Bertz CT molecular complexity index is 204. The highest BCUT2D eigenvalue weighted by Gasteiger charge is 2.19. The van der Waals surface area contributed by atoms with Crippen molar-refractivity contribution < 1.29 is 13.6 Å². The average molecular weight is 305 g/mol. The molecule has 0 aromatic carbocycles. The molecule has 0 fully saturated rings. The van der Waals surface area contributed by atoms with Gasteiger partial charge in [0, 0.05) is 4.57 Å². The van der Waals surface area contributed by atoms with Gasteiger partial charge in [-0.05, 0) is 37.5 Å². The van der Waals surface area contributed by atoms with Crippen molar-refractivity contribution in [1.82, 2.24) is 0 Å². The van der Waals surface area contributed by atoms with Gasteiger partial charge >= 0.3 is 8.25 Å². The smallest absolute Gasteiger partial charge is 0.119 e. The van der Waals surface area contributed by atoms with Crippen molar-refractivity contribution >= 4 is 8.25 Å². The van der Waals surface area contributed by atoms with Crippen molar-refractivity contribution in [2.45, 2.75) is 79.1 Å². The molecule has 0 spiro atoms. The first-order chi connectivity index (χ1) is 9.67. The highest BCUT2D eigenvalue weighted by Crippen LogP contribution is 2.26. The van der Waals surface area contributed by atoms with Gasteiger partial charge in [0.05, 0.1) is 0 Å². The van der Waals surface area contributed by atoms with E-state index in [-0.39, 0.29) is 0 Å². The Kier molecular flexibility index (Phi) is 14.0. The fraction of sp³-hybridized carbons (Fsp3) is 1.00. The molecule has 4 heteroatoms. The van der Waals surface area contributed by atoms with Crippen molar-refractivity contribution in [3.05, 3.63) is 0 Å². The van der Waals surface area contributed by atoms with E-state index in [2.05, 4.69) is 27.7 Å². The maximum atomic E-state index is 11.5. The Morgan fingerprint density at radius 3 is 1.40 bits per heavy atom. The molecule has 0 aromatic rings. The van der Waals surface area contributed by atoms with Crippen LogP contribution in [0.1, 0.15) is 79.1 Å². The zero-order valence-electron chi connectivity index (χ0n) is 13.9. The number of hydrogen-bond donors (Lipinski definition) is 0. The molecule has 3 nitrogen and oxygen atoms in total. The molecule has 0 aromatic heterocycles. The van der Waals surface area contributed by atoms with Gasteiger partial charge in [-0.1, -0.05) is 53.4 Å². The van der Waals surface area contributed by atoms with Crippen LogP contribution in [0.4, 0.5) is 0 Å². The molecule has 0 amide bonds. The standard InChI is InChI=1S/C16H34O3P/c1-5-15(6-2)11-9-13-18-20(17)19-14-10-12-16(7-3)8-4/h15-16H,5-14H2,1-4H3/q+1. The van der Waals surface area contributed by atoms with E-state index in [0.717, 1.165) is 37.5 Å². The lowest BCUT2D eigenvalue weighted by molar-refractivity contribution is 0.211. The highest BCUT2D eigenvalue weighted by atomic mass is 31.1. The molecule has 0 N–H and O–H groups in total. The predicted octanol–water partition coefficient (Wildman–Crippen LogP) is 6.11. The van der Waals surface area contributed by atoms with Crippen molar-refractivity contribution in [3.63, 3.8) is 0 Å². The molecule has 0 radical (unpaired) electrons. The van der Waals surface area contributed by atoms with E-state index in [1.807, 2.05) is 0 Å². The minimum Gasteiger partial charge on any atom is -0.119 e. The molecule has 0 atom stereocenters. The summed E-state index contributed by atoms with van der Waals surface area (Å²) in [7, 11) is -1.91. The molecule has 120 valence electrons. The van der Waals surface area contributed by atoms with Gasteiger partial charge in [0.1, 0.15) is 13.2 Å². The summed E-state index contributed by atoms with van der Waals surface area (Å²) in [6.45, 7) is 9.99. The summed E-state index contributed by atoms with van der Waals surface area (Å²) in [4.78, 5) is 0. The zero-order chi connectivity index (χ0) is 15.2. The van der Waals surface area contributed by atoms with E-state index in [9.17, 15) is 4.57 Å². The van der Waals surface area contributed by atoms with Gasteiger partial charge in [0.2, 0.25) is 0 Å². The van der Waals surface area contributed by atoms with Crippen LogP contribution in [0.2, 0.25) is 0 Å². The van der Waals surface area contributed by atoms with Crippen molar-refractivity contribution in [2.75, 3.05) is 13.2 Å². The van der Waals surface area contributed by atoms with Gasteiger partial charge in [-0.15, -0.1) is 9.05 Å². The summed E-state index contributed by atoms with van der Waals surface area (Å²) in [5.41, 5.74) is 0. The third kappa shape index (κ3) is 10.8. The maximum Gasteiger partial charge on any atom is 0.697 e. The van der Waals surface area contributed by atoms with Crippen molar-refractivity contribution in [3.8, 4) is 0 Å². The highest BCUT2D eigenvalue weighted by molar-refractivity contribution is 7.33. The second kappa shape index (κ2) is 14.0. The summed E-state index contributed by atoms with van der Waals surface area (Å²) in [6, 6.07) is 0. The summed E-state index contributed by atoms with van der Waals surface area (Å²) in [5.74, 6) is 1.55. The second-order valence-electron chi connectivity index (χ2n) is 5.54. The monoisotopic (exact) mass is 305 g/mol. The molecule has 0 saturated heterocycles. The minimum absolute atomic E-state index is 0.554. The zero-order valence-corrected chi connectivity index (χ0v) is 14.8. The predicted molar refractivity (Wildman–Crippen MR) is 86.1 cm³/mol. The van der Waals surface area contributed by atoms with Crippen LogP contribution in [-0.2, 0) is 13.6 Å². The maximum absolute atomic E-state index is 11.5. The Morgan fingerprint density at radius 1 is 0.750 bits per heavy atom. The Morgan fingerprint density at radius 2 is 1.10 bits per heavy atom. The van der Waals surface area contributed by atoms with E-state index < -0.39 is 8.25 Å². The van der Waals surface area contributed by atoms with Gasteiger partial charge in [0.15, 0.2) is 0 Å². The van der Waals surface area contributed by atoms with Gasteiger partial charge in [0.25, 0.3) is 0 Å². The van der Waals surface area contributed by atoms with E-state index in [1.165, 1.54) is 25.7 Å². The van der Waals surface area contributed by atoms with Crippen LogP contribution in [0, 0.1) is 11.8 Å². The second-order valence-corrected chi connectivity index (χ2v) is 6.50. The van der Waals surface area contributed by atoms with E-state index in [4.69, 9.17) is 9.05 Å². The summed E-state index contributed by atoms with van der Waals surface area (Å²) < 4.78 is 22.0. The SMILES string of the molecule is CCC(CC)CCCO[P+](=O)OCCCC(CC)CC. The lowest BCUT2D eigenvalue weighted by Gasteiger charge is -2.10. The molecule has 20 heavy (non-hydrogen) atoms. The van der Waals surface area contributed by atoms with Crippen LogP contribution in [0.15, 0.2) is 0 Å². The topological polar surface area (TPSA) is 35.5 Å². The first-order valence-electron chi connectivity index (χ1n) is 8.40. The van der Waals surface area contributed by atoms with Crippen LogP contribution in [0.5, 0.6) is 0 Å². The van der Waals surface area contributed by atoms with Crippen LogP contribution < -0.4 is 0 Å². The quantitative estimate of drug-likeness (QED) is 0.287. The molecule has 0 saturated carbocycles. The average Bonchev–Trinajstić information content (AvgIpc) is 2.47. The molecule has 0 aliphatic rings. The Labute approximate surface area is 126 Å². The third-order valence-corrected chi connectivity index (χ3v) is 5.00. The van der Waals surface area contributed by atoms with Crippen LogP contribution in [-0.4, -0.2) is 13.2 Å². The fourth-order valence-corrected chi connectivity index (χ4v) is 3.08. The van der Waals surface area contributed by atoms with Crippen LogP contribution in [0.25, 0.3) is 0 Å². The first-order valence-corrected chi connectivity index (χ1v) is 9.50. The summed E-state index contributed by atoms with van der Waals surface area (Å²) >= 11 is 0. The lowest BCUT2D eigenvalue weighted by Crippen LogP contribution is -2.00. The van der Waals surface area contributed by atoms with Crippen molar-refractivity contribution in [1.29, 1.82) is 0 Å². The molecule has 0 unspecified atom stereocenters. The van der Waals surface area contributed by atoms with Gasteiger partial charge in [-0.25, -0.2) is 0 Å². The molecule has 0 rings (SSSR count). The molecule has 0 bridgehead atoms. The fourth-order valence-electron chi connectivity index (χ4n) is 2.45. The lowest BCUT2D eigenvalue weighted by atomic mass is 9.98. The van der Waals surface area contributed by atoms with Gasteiger partial charge in [-0.2, -0.15) is 0 Å². The largest absolute Gasteiger partial charge is 0.697 e. The first kappa shape index (κ1) is 20.0. The molecule has 0 heterocycles. The number of rotatable bonds is 14. The Balaban J connectivity index is 3.45. The molecule has 0 aliphatic carbocycles. The van der Waals surface area contributed by atoms with E-state index in [1.54, 1.807) is 0 Å². The van der Waals surface area contributed by atoms with E-state index >= 15 is 0 Å². The third-order valence-electron chi connectivity index (χ3n) is 4.22. The summed E-state index contributed by atoms with van der Waals surface area (Å²) in [6.07, 6.45) is 9.14. The normalized spacial score (nSPS) is 11.5. The molecular weight excluding hydrogens is 271 g/mol. The summed E-state index contributed by atoms with van der Waals surface area (Å²) in [5, 5.41) is 0.